The fourth-order valence-corrected chi connectivity index (χ4v) is 1.35. The van der Waals surface area contributed by atoms with Crippen molar-refractivity contribution in [2.24, 2.45) is 0 Å². The number of terminal acetylenes is 1. The molecule has 4 nitrogen and oxygen atoms in total. The number of nitro benzene ring substituents is 1. The molecule has 0 unspecified atom stereocenters. The predicted molar refractivity (Wildman–Crippen MR) is 67.7 cm³/mol. The van der Waals surface area contributed by atoms with Gasteiger partial charge in [-0.05, 0) is 25.8 Å². The van der Waals surface area contributed by atoms with E-state index in [0.29, 0.717) is 0 Å². The van der Waals surface area contributed by atoms with E-state index in [1.54, 1.807) is 12.1 Å². The van der Waals surface area contributed by atoms with Crippen LogP contribution in [0.3, 0.4) is 0 Å². The highest BCUT2D eigenvalue weighted by Gasteiger charge is 2.11. The molecule has 1 N–H and O–H groups in total. The van der Waals surface area contributed by atoms with Gasteiger partial charge in [-0.25, -0.2) is 0 Å². The van der Waals surface area contributed by atoms with Crippen molar-refractivity contribution >= 4 is 5.69 Å². The van der Waals surface area contributed by atoms with Gasteiger partial charge in [0.15, 0.2) is 0 Å². The SMILES string of the molecule is C#CC(C)(C)NCCc1ccc([N+](=O)[O-])cc1. The Bertz CT molecular complexity index is 430. The highest BCUT2D eigenvalue weighted by Crippen LogP contribution is 2.12. The zero-order valence-electron chi connectivity index (χ0n) is 10.1. The molecule has 0 heterocycles. The summed E-state index contributed by atoms with van der Waals surface area (Å²) in [6, 6.07) is 6.56. The largest absolute Gasteiger partial charge is 0.301 e. The van der Waals surface area contributed by atoms with Crippen LogP contribution in [-0.2, 0) is 6.42 Å². The minimum atomic E-state index is -0.399. The van der Waals surface area contributed by atoms with Crippen LogP contribution in [0.1, 0.15) is 19.4 Å². The number of rotatable bonds is 5. The molecule has 0 aromatic heterocycles. The van der Waals surface area contributed by atoms with Gasteiger partial charge in [-0.1, -0.05) is 18.1 Å². The van der Waals surface area contributed by atoms with Crippen molar-refractivity contribution in [2.75, 3.05) is 6.54 Å². The Labute approximate surface area is 101 Å². The average molecular weight is 232 g/mol. The predicted octanol–water partition coefficient (Wildman–Crippen LogP) is 2.14. The summed E-state index contributed by atoms with van der Waals surface area (Å²) in [7, 11) is 0. The third kappa shape index (κ3) is 4.25. The summed E-state index contributed by atoms with van der Waals surface area (Å²) in [5.41, 5.74) is 0.849. The molecule has 0 aliphatic rings. The van der Waals surface area contributed by atoms with E-state index in [4.69, 9.17) is 6.42 Å². The molecule has 1 rings (SSSR count). The van der Waals surface area contributed by atoms with Crippen molar-refractivity contribution in [1.29, 1.82) is 0 Å². The molecular weight excluding hydrogens is 216 g/mol. The zero-order valence-corrected chi connectivity index (χ0v) is 10.1. The van der Waals surface area contributed by atoms with E-state index in [2.05, 4.69) is 11.2 Å². The molecule has 1 aromatic carbocycles. The van der Waals surface area contributed by atoms with E-state index in [9.17, 15) is 10.1 Å². The summed E-state index contributed by atoms with van der Waals surface area (Å²) in [4.78, 5) is 10.1. The molecule has 1 aromatic rings. The van der Waals surface area contributed by atoms with Crippen molar-refractivity contribution < 1.29 is 4.92 Å². The van der Waals surface area contributed by atoms with Gasteiger partial charge in [0.05, 0.1) is 10.5 Å². The van der Waals surface area contributed by atoms with Crippen molar-refractivity contribution in [2.45, 2.75) is 25.8 Å². The number of nitrogens with one attached hydrogen (secondary N) is 1. The minimum absolute atomic E-state index is 0.116. The van der Waals surface area contributed by atoms with Crippen molar-refractivity contribution in [3.63, 3.8) is 0 Å². The molecule has 90 valence electrons. The van der Waals surface area contributed by atoms with Crippen molar-refractivity contribution in [3.05, 3.63) is 39.9 Å². The van der Waals surface area contributed by atoms with Crippen LogP contribution in [0.4, 0.5) is 5.69 Å². The van der Waals surface area contributed by atoms with Gasteiger partial charge in [0.25, 0.3) is 5.69 Å². The molecule has 17 heavy (non-hydrogen) atoms. The van der Waals surface area contributed by atoms with Crippen LogP contribution in [-0.4, -0.2) is 17.0 Å². The van der Waals surface area contributed by atoms with Gasteiger partial charge < -0.3 is 5.32 Å². The number of benzene rings is 1. The number of hydrogen-bond acceptors (Lipinski definition) is 3. The summed E-state index contributed by atoms with van der Waals surface area (Å²) in [5, 5.41) is 13.7. The third-order valence-corrected chi connectivity index (χ3v) is 2.49. The maximum atomic E-state index is 10.5. The van der Waals surface area contributed by atoms with Gasteiger partial charge in [-0.15, -0.1) is 6.42 Å². The second-order valence-electron chi connectivity index (χ2n) is 4.37. The standard InChI is InChI=1S/C13H16N2O2/c1-4-13(2,3)14-10-9-11-5-7-12(8-6-11)15(16)17/h1,5-8,14H,9-10H2,2-3H3. The summed E-state index contributed by atoms with van der Waals surface area (Å²) >= 11 is 0. The van der Waals surface area contributed by atoms with Gasteiger partial charge in [0, 0.05) is 18.7 Å². The van der Waals surface area contributed by atoms with E-state index in [1.165, 1.54) is 12.1 Å². The highest BCUT2D eigenvalue weighted by atomic mass is 16.6. The van der Waals surface area contributed by atoms with E-state index in [0.717, 1.165) is 18.5 Å². The second-order valence-corrected chi connectivity index (χ2v) is 4.37. The third-order valence-electron chi connectivity index (χ3n) is 2.49. The number of non-ortho nitro benzene ring substituents is 1. The quantitative estimate of drug-likeness (QED) is 0.480. The minimum Gasteiger partial charge on any atom is -0.301 e. The van der Waals surface area contributed by atoms with Crippen molar-refractivity contribution in [3.8, 4) is 12.3 Å². The lowest BCUT2D eigenvalue weighted by Gasteiger charge is -2.19. The van der Waals surface area contributed by atoms with Crippen LogP contribution >= 0.6 is 0 Å². The maximum absolute atomic E-state index is 10.5. The Morgan fingerprint density at radius 2 is 2.00 bits per heavy atom. The highest BCUT2D eigenvalue weighted by molar-refractivity contribution is 5.33. The molecular formula is C13H16N2O2. The zero-order chi connectivity index (χ0) is 12.9. The first-order chi connectivity index (χ1) is 7.94. The van der Waals surface area contributed by atoms with Crippen LogP contribution in [0.25, 0.3) is 0 Å². The lowest BCUT2D eigenvalue weighted by molar-refractivity contribution is -0.384. The van der Waals surface area contributed by atoms with E-state index < -0.39 is 4.92 Å². The molecule has 0 amide bonds. The van der Waals surface area contributed by atoms with Gasteiger partial charge >= 0.3 is 0 Å². The Hall–Kier alpha value is -1.86. The average Bonchev–Trinajstić information content (AvgIpc) is 2.29. The Balaban J connectivity index is 2.49. The van der Waals surface area contributed by atoms with Crippen LogP contribution in [0, 0.1) is 22.5 Å². The van der Waals surface area contributed by atoms with Gasteiger partial charge in [0.2, 0.25) is 0 Å². The van der Waals surface area contributed by atoms with E-state index >= 15 is 0 Å². The second kappa shape index (κ2) is 5.46. The molecule has 0 spiro atoms. The van der Waals surface area contributed by atoms with Crippen LogP contribution < -0.4 is 5.32 Å². The number of hydrogen-bond donors (Lipinski definition) is 1. The molecule has 0 aliphatic carbocycles. The summed E-state index contributed by atoms with van der Waals surface area (Å²) in [6.07, 6.45) is 6.15. The molecule has 0 atom stereocenters. The first-order valence-electron chi connectivity index (χ1n) is 5.41. The van der Waals surface area contributed by atoms with Crippen LogP contribution in [0.15, 0.2) is 24.3 Å². The number of nitro groups is 1. The fraction of sp³-hybridized carbons (Fsp3) is 0.385. The molecule has 0 fully saturated rings. The lowest BCUT2D eigenvalue weighted by Crippen LogP contribution is -2.38. The Morgan fingerprint density at radius 1 is 1.41 bits per heavy atom. The molecule has 0 aliphatic heterocycles. The fourth-order valence-electron chi connectivity index (χ4n) is 1.35. The van der Waals surface area contributed by atoms with E-state index in [-0.39, 0.29) is 11.2 Å². The van der Waals surface area contributed by atoms with Gasteiger partial charge in [-0.2, -0.15) is 0 Å². The first kappa shape index (κ1) is 13.2. The first-order valence-corrected chi connectivity index (χ1v) is 5.41. The normalized spacial score (nSPS) is 10.9. The molecule has 4 heteroatoms. The van der Waals surface area contributed by atoms with Crippen LogP contribution in [0.5, 0.6) is 0 Å². The number of nitrogens with zero attached hydrogens (tertiary/aromatic N) is 1. The Kier molecular flexibility index (Phi) is 4.24. The van der Waals surface area contributed by atoms with E-state index in [1.807, 2.05) is 13.8 Å². The molecule has 0 saturated carbocycles. The lowest BCUT2D eigenvalue weighted by atomic mass is 10.1. The van der Waals surface area contributed by atoms with Crippen molar-refractivity contribution in [1.82, 2.24) is 5.32 Å². The van der Waals surface area contributed by atoms with Crippen LogP contribution in [0.2, 0.25) is 0 Å². The van der Waals surface area contributed by atoms with Gasteiger partial charge in [0.1, 0.15) is 0 Å². The summed E-state index contributed by atoms with van der Waals surface area (Å²) < 4.78 is 0. The van der Waals surface area contributed by atoms with Gasteiger partial charge in [-0.3, -0.25) is 10.1 Å². The Morgan fingerprint density at radius 3 is 2.47 bits per heavy atom. The monoisotopic (exact) mass is 232 g/mol. The summed E-state index contributed by atoms with van der Waals surface area (Å²) in [6.45, 7) is 4.61. The maximum Gasteiger partial charge on any atom is 0.269 e. The smallest absolute Gasteiger partial charge is 0.269 e. The molecule has 0 saturated heterocycles. The summed E-state index contributed by atoms with van der Waals surface area (Å²) in [5.74, 6) is 2.65. The molecule has 0 bridgehead atoms. The molecule has 0 radical (unpaired) electrons. The topological polar surface area (TPSA) is 55.2 Å².